The summed E-state index contributed by atoms with van der Waals surface area (Å²) < 4.78 is 45.7. The molecule has 0 radical (unpaired) electrons. The zero-order valence-electron chi connectivity index (χ0n) is 21.9. The lowest BCUT2D eigenvalue weighted by molar-refractivity contribution is -0.128. The zero-order valence-corrected chi connectivity index (χ0v) is 22.7. The molecule has 0 unspecified atom stereocenters. The summed E-state index contributed by atoms with van der Waals surface area (Å²) in [6.45, 7) is 2.28. The maximum atomic E-state index is 14.1. The van der Waals surface area contributed by atoms with E-state index in [4.69, 9.17) is 19.3 Å². The minimum atomic E-state index is -4.05. The summed E-state index contributed by atoms with van der Waals surface area (Å²) in [4.78, 5) is 20.3. The number of rotatable bonds is 14. The lowest BCUT2D eigenvalue weighted by atomic mass is 10.2. The van der Waals surface area contributed by atoms with Crippen molar-refractivity contribution in [2.45, 2.75) is 38.3 Å². The van der Waals surface area contributed by atoms with E-state index in [1.54, 1.807) is 82.1 Å². The minimum absolute atomic E-state index is 0.0831. The maximum Gasteiger partial charge on any atom is 0.220 e. The fourth-order valence-electron chi connectivity index (χ4n) is 3.69. The van der Waals surface area contributed by atoms with Gasteiger partial charge in [0.05, 0.1) is 14.2 Å². The number of hydrogen-bond acceptors (Lipinski definition) is 9. The van der Waals surface area contributed by atoms with E-state index in [9.17, 15) is 13.2 Å². The van der Waals surface area contributed by atoms with Gasteiger partial charge in [-0.15, -0.1) is 0 Å². The standard InChI is InChI=1S/C27H33N3O7S/c1-19-13-28-27(29-14-19)26(37-18-23(32)17-31)20(2)38(33,34)30(15-21-5-9-24(35-3)10-6-21)16-22-7-11-25(36-4)12-8-22/h5-14,20,26,31H,15-18H2,1-4H3/t20-,26-/m0/s1. The third-order valence-corrected chi connectivity index (χ3v) is 8.11. The van der Waals surface area contributed by atoms with Crippen LogP contribution in [0.4, 0.5) is 0 Å². The normalized spacial score (nSPS) is 13.2. The molecule has 0 bridgehead atoms. The predicted molar refractivity (Wildman–Crippen MR) is 141 cm³/mol. The number of benzene rings is 2. The third-order valence-electron chi connectivity index (χ3n) is 5.95. The van der Waals surface area contributed by atoms with Crippen molar-refractivity contribution in [3.8, 4) is 11.5 Å². The molecule has 2 atom stereocenters. The first-order valence-corrected chi connectivity index (χ1v) is 13.5. The second-order valence-corrected chi connectivity index (χ2v) is 11.1. The number of carbonyl (C=O) groups is 1. The van der Waals surface area contributed by atoms with Crippen LogP contribution in [0.3, 0.4) is 0 Å². The number of aryl methyl sites for hydroxylation is 1. The molecule has 1 N–H and O–H groups in total. The Balaban J connectivity index is 1.97. The van der Waals surface area contributed by atoms with Crippen molar-refractivity contribution in [3.63, 3.8) is 0 Å². The molecule has 0 aliphatic heterocycles. The summed E-state index contributed by atoms with van der Waals surface area (Å²) in [5.41, 5.74) is 2.30. The van der Waals surface area contributed by atoms with Crippen LogP contribution in [0, 0.1) is 6.92 Å². The molecule has 0 spiro atoms. The van der Waals surface area contributed by atoms with E-state index < -0.39 is 40.4 Å². The van der Waals surface area contributed by atoms with Gasteiger partial charge in [0.1, 0.15) is 36.1 Å². The van der Waals surface area contributed by atoms with Gasteiger partial charge in [0.25, 0.3) is 0 Å². The third kappa shape index (κ3) is 7.57. The van der Waals surface area contributed by atoms with Crippen molar-refractivity contribution in [3.05, 3.63) is 83.4 Å². The Bertz CT molecular complexity index is 1230. The second-order valence-electron chi connectivity index (χ2n) is 8.76. The Hall–Kier alpha value is -3.38. The van der Waals surface area contributed by atoms with Crippen molar-refractivity contribution in [2.75, 3.05) is 27.4 Å². The first-order valence-electron chi connectivity index (χ1n) is 12.0. The molecule has 0 fully saturated rings. The summed E-state index contributed by atoms with van der Waals surface area (Å²) >= 11 is 0. The van der Waals surface area contributed by atoms with Crippen molar-refractivity contribution in [1.82, 2.24) is 14.3 Å². The molecule has 1 heterocycles. The van der Waals surface area contributed by atoms with Gasteiger partial charge in [0, 0.05) is 25.5 Å². The topological polar surface area (TPSA) is 128 Å². The van der Waals surface area contributed by atoms with Crippen LogP contribution in [0.5, 0.6) is 11.5 Å². The smallest absolute Gasteiger partial charge is 0.220 e. The van der Waals surface area contributed by atoms with Gasteiger partial charge in [-0.05, 0) is 54.8 Å². The van der Waals surface area contributed by atoms with Crippen molar-refractivity contribution < 1.29 is 32.5 Å². The Morgan fingerprint density at radius 2 is 1.39 bits per heavy atom. The van der Waals surface area contributed by atoms with Crippen molar-refractivity contribution in [2.24, 2.45) is 0 Å². The maximum absolute atomic E-state index is 14.1. The van der Waals surface area contributed by atoms with Gasteiger partial charge >= 0.3 is 0 Å². The van der Waals surface area contributed by atoms with E-state index in [1.165, 1.54) is 11.2 Å². The number of sulfonamides is 1. The average molecular weight is 544 g/mol. The molecule has 38 heavy (non-hydrogen) atoms. The summed E-state index contributed by atoms with van der Waals surface area (Å²) in [7, 11) is -0.926. The van der Waals surface area contributed by atoms with Crippen LogP contribution in [0.1, 0.15) is 35.5 Å². The highest BCUT2D eigenvalue weighted by molar-refractivity contribution is 7.89. The Morgan fingerprint density at radius 3 is 1.82 bits per heavy atom. The molecule has 2 aromatic carbocycles. The zero-order chi connectivity index (χ0) is 27.7. The summed E-state index contributed by atoms with van der Waals surface area (Å²) in [5, 5.41) is 7.98. The van der Waals surface area contributed by atoms with Gasteiger partial charge in [0.2, 0.25) is 10.0 Å². The number of Topliss-reactive ketones (excluding diaryl/α,β-unsaturated/α-hetero) is 1. The van der Waals surface area contributed by atoms with Crippen LogP contribution in [0.25, 0.3) is 0 Å². The molecule has 3 rings (SSSR count). The quantitative estimate of drug-likeness (QED) is 0.326. The van der Waals surface area contributed by atoms with E-state index in [-0.39, 0.29) is 18.9 Å². The van der Waals surface area contributed by atoms with Gasteiger partial charge in [-0.2, -0.15) is 4.31 Å². The monoisotopic (exact) mass is 543 g/mol. The van der Waals surface area contributed by atoms with Crippen LogP contribution >= 0.6 is 0 Å². The molecule has 10 nitrogen and oxygen atoms in total. The minimum Gasteiger partial charge on any atom is -0.497 e. The number of ketones is 1. The lowest BCUT2D eigenvalue weighted by Gasteiger charge is -2.30. The van der Waals surface area contributed by atoms with Crippen molar-refractivity contribution in [1.29, 1.82) is 0 Å². The largest absolute Gasteiger partial charge is 0.497 e. The second kappa shape index (κ2) is 13.4. The van der Waals surface area contributed by atoms with E-state index in [0.717, 1.165) is 16.7 Å². The van der Waals surface area contributed by atoms with Gasteiger partial charge < -0.3 is 19.3 Å². The fraction of sp³-hybridized carbons (Fsp3) is 0.370. The van der Waals surface area contributed by atoms with E-state index in [2.05, 4.69) is 9.97 Å². The van der Waals surface area contributed by atoms with Crippen LogP contribution in [-0.4, -0.2) is 66.3 Å². The Kier molecular flexibility index (Phi) is 10.3. The van der Waals surface area contributed by atoms with E-state index in [1.807, 2.05) is 0 Å². The molecule has 1 aromatic heterocycles. The van der Waals surface area contributed by atoms with Crippen LogP contribution in [0.2, 0.25) is 0 Å². The molecule has 3 aromatic rings. The highest BCUT2D eigenvalue weighted by Gasteiger charge is 2.38. The van der Waals surface area contributed by atoms with Gasteiger partial charge in [-0.1, -0.05) is 24.3 Å². The number of carbonyl (C=O) groups excluding carboxylic acids is 1. The molecule has 204 valence electrons. The molecular weight excluding hydrogens is 510 g/mol. The van der Waals surface area contributed by atoms with E-state index in [0.29, 0.717) is 11.5 Å². The number of aliphatic hydroxyl groups is 1. The number of aliphatic hydroxyl groups excluding tert-OH is 1. The first-order chi connectivity index (χ1) is 18.2. The van der Waals surface area contributed by atoms with Gasteiger partial charge in [0.15, 0.2) is 11.6 Å². The highest BCUT2D eigenvalue weighted by Crippen LogP contribution is 2.29. The van der Waals surface area contributed by atoms with Crippen molar-refractivity contribution >= 4 is 15.8 Å². The predicted octanol–water partition coefficient (Wildman–Crippen LogP) is 2.84. The summed E-state index contributed by atoms with van der Waals surface area (Å²) in [5.74, 6) is 0.863. The fourth-order valence-corrected chi connectivity index (χ4v) is 5.34. The summed E-state index contributed by atoms with van der Waals surface area (Å²) in [6.07, 6.45) is 1.96. The molecule has 0 aliphatic carbocycles. The summed E-state index contributed by atoms with van der Waals surface area (Å²) in [6, 6.07) is 14.3. The highest BCUT2D eigenvalue weighted by atomic mass is 32.2. The lowest BCUT2D eigenvalue weighted by Crippen LogP contribution is -2.41. The Morgan fingerprint density at radius 1 is 0.921 bits per heavy atom. The molecule has 0 saturated carbocycles. The van der Waals surface area contributed by atoms with E-state index >= 15 is 0 Å². The average Bonchev–Trinajstić information content (AvgIpc) is 2.94. The number of ether oxygens (including phenoxy) is 3. The Labute approximate surface area is 223 Å². The number of aromatic nitrogens is 2. The molecule has 0 saturated heterocycles. The van der Waals surface area contributed by atoms with Crippen LogP contribution in [0.15, 0.2) is 60.9 Å². The number of hydrogen-bond donors (Lipinski definition) is 1. The molecule has 0 amide bonds. The molecule has 11 heteroatoms. The molecular formula is C27H33N3O7S. The van der Waals surface area contributed by atoms with Crippen LogP contribution < -0.4 is 9.47 Å². The molecule has 0 aliphatic rings. The first kappa shape index (κ1) is 29.2. The van der Waals surface area contributed by atoms with Gasteiger partial charge in [-0.25, -0.2) is 18.4 Å². The van der Waals surface area contributed by atoms with Crippen LogP contribution in [-0.2, 0) is 32.6 Å². The number of nitrogens with zero attached hydrogens (tertiary/aromatic N) is 3. The SMILES string of the molecule is COc1ccc(CN(Cc2ccc(OC)cc2)S(=O)(=O)[C@@H](C)[C@H](OCC(=O)CO)c2ncc(C)cn2)cc1. The number of methoxy groups -OCH3 is 2. The van der Waals surface area contributed by atoms with Gasteiger partial charge in [-0.3, -0.25) is 4.79 Å².